The maximum absolute atomic E-state index is 5.81. The lowest BCUT2D eigenvalue weighted by Gasteiger charge is -2.26. The van der Waals surface area contributed by atoms with Gasteiger partial charge < -0.3 is 14.0 Å². The minimum Gasteiger partial charge on any atom is -0.377 e. The molecule has 1 aromatic heterocycles. The molecule has 134 valence electrons. The predicted molar refractivity (Wildman–Crippen MR) is 93.0 cm³/mol. The Hall–Kier alpha value is -1.76. The van der Waals surface area contributed by atoms with Gasteiger partial charge in [-0.25, -0.2) is 0 Å². The van der Waals surface area contributed by atoms with E-state index in [9.17, 15) is 0 Å². The number of hydrogen-bond donors (Lipinski definition) is 0. The number of rotatable bonds is 7. The number of aromatic nitrogens is 2. The van der Waals surface area contributed by atoms with Gasteiger partial charge in [0.2, 0.25) is 11.7 Å². The highest BCUT2D eigenvalue weighted by molar-refractivity contribution is 5.53. The van der Waals surface area contributed by atoms with E-state index in [1.54, 1.807) is 0 Å². The van der Waals surface area contributed by atoms with Crippen molar-refractivity contribution in [2.24, 2.45) is 0 Å². The van der Waals surface area contributed by atoms with Crippen LogP contribution in [0.3, 0.4) is 0 Å². The third-order valence-electron chi connectivity index (χ3n) is 4.83. The Balaban J connectivity index is 1.42. The van der Waals surface area contributed by atoms with Gasteiger partial charge in [0.15, 0.2) is 0 Å². The summed E-state index contributed by atoms with van der Waals surface area (Å²) in [6, 6.07) is 9.92. The van der Waals surface area contributed by atoms with E-state index < -0.39 is 0 Å². The fraction of sp³-hybridized carbons (Fsp3) is 0.579. The number of hydrogen-bond acceptors (Lipinski definition) is 6. The average molecular weight is 343 g/mol. The lowest BCUT2D eigenvalue weighted by Crippen LogP contribution is -2.37. The summed E-state index contributed by atoms with van der Waals surface area (Å²) in [4.78, 5) is 6.91. The SMILES string of the molecule is c1ccc(-c2noc(CN(C[C@@H]3CCCO3)C[C@@H]3CCCO3)n2)cc1. The third-order valence-corrected chi connectivity index (χ3v) is 4.83. The lowest BCUT2D eigenvalue weighted by atomic mass is 10.2. The van der Waals surface area contributed by atoms with Crippen LogP contribution < -0.4 is 0 Å². The first kappa shape index (κ1) is 16.7. The molecule has 2 atom stereocenters. The summed E-state index contributed by atoms with van der Waals surface area (Å²) in [5.41, 5.74) is 0.974. The van der Waals surface area contributed by atoms with Crippen molar-refractivity contribution < 1.29 is 14.0 Å². The van der Waals surface area contributed by atoms with Gasteiger partial charge in [0.25, 0.3) is 0 Å². The van der Waals surface area contributed by atoms with E-state index in [1.807, 2.05) is 30.3 Å². The zero-order valence-corrected chi connectivity index (χ0v) is 14.5. The van der Waals surface area contributed by atoms with Crippen LogP contribution in [0, 0.1) is 0 Å². The van der Waals surface area contributed by atoms with Crippen LogP contribution in [0.1, 0.15) is 31.6 Å². The maximum Gasteiger partial charge on any atom is 0.241 e. The van der Waals surface area contributed by atoms with Gasteiger partial charge in [-0.1, -0.05) is 35.5 Å². The first-order chi connectivity index (χ1) is 12.4. The van der Waals surface area contributed by atoms with E-state index in [0.29, 0.717) is 30.5 Å². The summed E-state index contributed by atoms with van der Waals surface area (Å²) >= 11 is 0. The van der Waals surface area contributed by atoms with Gasteiger partial charge in [0.1, 0.15) is 0 Å². The average Bonchev–Trinajstić information content (AvgIpc) is 3.38. The van der Waals surface area contributed by atoms with E-state index in [-0.39, 0.29) is 0 Å². The molecule has 0 saturated carbocycles. The summed E-state index contributed by atoms with van der Waals surface area (Å²) < 4.78 is 17.1. The van der Waals surface area contributed by atoms with Crippen LogP contribution in [-0.4, -0.2) is 53.6 Å². The molecule has 2 fully saturated rings. The van der Waals surface area contributed by atoms with E-state index >= 15 is 0 Å². The van der Waals surface area contributed by atoms with Crippen molar-refractivity contribution in [3.05, 3.63) is 36.2 Å². The summed E-state index contributed by atoms with van der Waals surface area (Å²) in [6.45, 7) is 4.17. The zero-order chi connectivity index (χ0) is 16.9. The molecule has 2 saturated heterocycles. The summed E-state index contributed by atoms with van der Waals surface area (Å²) in [7, 11) is 0. The van der Waals surface area contributed by atoms with E-state index in [1.165, 1.54) is 0 Å². The molecule has 6 nitrogen and oxygen atoms in total. The van der Waals surface area contributed by atoms with Gasteiger partial charge in [-0.15, -0.1) is 0 Å². The highest BCUT2D eigenvalue weighted by Crippen LogP contribution is 2.20. The Kier molecular flexibility index (Phi) is 5.40. The van der Waals surface area contributed by atoms with Gasteiger partial charge in [-0.3, -0.25) is 4.90 Å². The topological polar surface area (TPSA) is 60.6 Å². The summed E-state index contributed by atoms with van der Waals surface area (Å²) in [5, 5.41) is 4.13. The Morgan fingerprint density at radius 3 is 2.24 bits per heavy atom. The second-order valence-corrected chi connectivity index (χ2v) is 6.84. The van der Waals surface area contributed by atoms with Crippen LogP contribution in [0.2, 0.25) is 0 Å². The maximum atomic E-state index is 5.81. The normalized spacial score (nSPS) is 23.6. The molecule has 3 heterocycles. The quantitative estimate of drug-likeness (QED) is 0.770. The fourth-order valence-electron chi connectivity index (χ4n) is 3.57. The molecular formula is C19H25N3O3. The van der Waals surface area contributed by atoms with Gasteiger partial charge in [-0.05, 0) is 25.7 Å². The Morgan fingerprint density at radius 2 is 1.64 bits per heavy atom. The molecule has 2 aliphatic rings. The van der Waals surface area contributed by atoms with Crippen molar-refractivity contribution in [3.63, 3.8) is 0 Å². The standard InChI is InChI=1S/C19H25N3O3/c1-2-6-15(7-3-1)19-20-18(25-21-19)14-22(12-16-8-4-10-23-16)13-17-9-5-11-24-17/h1-3,6-7,16-17H,4-5,8-14H2/t16-,17-/m0/s1. The molecule has 1 aromatic carbocycles. The smallest absolute Gasteiger partial charge is 0.241 e. The van der Waals surface area contributed by atoms with Crippen molar-refractivity contribution in [2.75, 3.05) is 26.3 Å². The van der Waals surface area contributed by atoms with Crippen LogP contribution >= 0.6 is 0 Å². The fourth-order valence-corrected chi connectivity index (χ4v) is 3.57. The largest absolute Gasteiger partial charge is 0.377 e. The molecule has 0 bridgehead atoms. The molecule has 2 aliphatic heterocycles. The van der Waals surface area contributed by atoms with Crippen molar-refractivity contribution in [3.8, 4) is 11.4 Å². The molecular weight excluding hydrogens is 318 g/mol. The second kappa shape index (κ2) is 8.08. The molecule has 0 N–H and O–H groups in total. The van der Waals surface area contributed by atoms with Gasteiger partial charge in [0.05, 0.1) is 18.8 Å². The predicted octanol–water partition coefficient (Wildman–Crippen LogP) is 2.90. The van der Waals surface area contributed by atoms with Gasteiger partial charge in [0, 0.05) is 31.9 Å². The molecule has 0 unspecified atom stereocenters. The third kappa shape index (κ3) is 4.45. The number of benzene rings is 1. The molecule has 6 heteroatoms. The highest BCUT2D eigenvalue weighted by atomic mass is 16.5. The van der Waals surface area contributed by atoms with Crippen molar-refractivity contribution in [2.45, 2.75) is 44.4 Å². The zero-order valence-electron chi connectivity index (χ0n) is 14.5. The molecule has 0 aliphatic carbocycles. The van der Waals surface area contributed by atoms with E-state index in [2.05, 4.69) is 15.0 Å². The van der Waals surface area contributed by atoms with Crippen molar-refractivity contribution in [1.82, 2.24) is 15.0 Å². The first-order valence-corrected chi connectivity index (χ1v) is 9.20. The summed E-state index contributed by atoms with van der Waals surface area (Å²) in [5.74, 6) is 1.29. The van der Waals surface area contributed by atoms with Crippen LogP contribution in [0.15, 0.2) is 34.9 Å². The summed E-state index contributed by atoms with van der Waals surface area (Å²) in [6.07, 6.45) is 5.16. The molecule has 0 radical (unpaired) electrons. The molecule has 0 spiro atoms. The van der Waals surface area contributed by atoms with Crippen LogP contribution in [0.4, 0.5) is 0 Å². The monoisotopic (exact) mass is 343 g/mol. The number of ether oxygens (including phenoxy) is 2. The Labute approximate surface area is 148 Å². The van der Waals surface area contributed by atoms with Crippen LogP contribution in [0.25, 0.3) is 11.4 Å². The molecule has 4 rings (SSSR count). The molecule has 2 aromatic rings. The number of nitrogens with zero attached hydrogens (tertiary/aromatic N) is 3. The molecule has 0 amide bonds. The minimum atomic E-state index is 0.304. The van der Waals surface area contributed by atoms with Crippen molar-refractivity contribution >= 4 is 0 Å². The second-order valence-electron chi connectivity index (χ2n) is 6.84. The lowest BCUT2D eigenvalue weighted by molar-refractivity contribution is 0.0309. The van der Waals surface area contributed by atoms with E-state index in [0.717, 1.165) is 57.6 Å². The van der Waals surface area contributed by atoms with Crippen LogP contribution in [0.5, 0.6) is 0 Å². The molecule has 25 heavy (non-hydrogen) atoms. The van der Waals surface area contributed by atoms with Gasteiger partial charge >= 0.3 is 0 Å². The van der Waals surface area contributed by atoms with E-state index in [4.69, 9.17) is 14.0 Å². The Bertz CT molecular complexity index is 631. The van der Waals surface area contributed by atoms with Crippen molar-refractivity contribution in [1.29, 1.82) is 0 Å². The minimum absolute atomic E-state index is 0.304. The van der Waals surface area contributed by atoms with Gasteiger partial charge in [-0.2, -0.15) is 4.98 Å². The highest BCUT2D eigenvalue weighted by Gasteiger charge is 2.25. The first-order valence-electron chi connectivity index (χ1n) is 9.20. The van der Waals surface area contributed by atoms with Crippen LogP contribution in [-0.2, 0) is 16.0 Å². The Morgan fingerprint density at radius 1 is 0.960 bits per heavy atom.